The molecular weight excluding hydrogens is 328 g/mol. The number of nitrogens with zero attached hydrogens (tertiary/aromatic N) is 1. The number of hydrogen-bond acceptors (Lipinski definition) is 3. The summed E-state index contributed by atoms with van der Waals surface area (Å²) in [6, 6.07) is 9.23. The van der Waals surface area contributed by atoms with E-state index in [4.69, 9.17) is 4.74 Å². The highest BCUT2D eigenvalue weighted by Gasteiger charge is 2.38. The van der Waals surface area contributed by atoms with Crippen LogP contribution in [0.25, 0.3) is 0 Å². The van der Waals surface area contributed by atoms with E-state index in [9.17, 15) is 9.59 Å². The minimum atomic E-state index is -0.499. The van der Waals surface area contributed by atoms with Gasteiger partial charge in [-0.15, -0.1) is 0 Å². The molecule has 5 heteroatoms. The van der Waals surface area contributed by atoms with Gasteiger partial charge in [-0.1, -0.05) is 56.5 Å². The van der Waals surface area contributed by atoms with E-state index in [1.807, 2.05) is 37.3 Å². The van der Waals surface area contributed by atoms with Gasteiger partial charge < -0.3 is 10.1 Å². The summed E-state index contributed by atoms with van der Waals surface area (Å²) in [5.41, 5.74) is 1.71. The second-order valence-electron chi connectivity index (χ2n) is 7.31. The Kier molecular flexibility index (Phi) is 6.42. The fourth-order valence-corrected chi connectivity index (χ4v) is 3.99. The van der Waals surface area contributed by atoms with Crippen molar-refractivity contribution in [3.63, 3.8) is 0 Å². The lowest BCUT2D eigenvalue weighted by atomic mass is 9.87. The number of aliphatic imine (C=N–C) groups is 1. The van der Waals surface area contributed by atoms with Crippen LogP contribution in [0, 0.1) is 11.8 Å². The standard InChI is InChI=1S/C21H28N2O3/c1-2-17-19(20(24)26-14-16-11-7-4-8-12-16)18(23-21(25)22-17)13-15-9-5-3-6-10-15/h3,5-6,9-10,16,18-19H,2,4,7-8,11-14H2,1H3,(H,23,25). The van der Waals surface area contributed by atoms with E-state index in [-0.39, 0.29) is 18.0 Å². The lowest BCUT2D eigenvalue weighted by Gasteiger charge is -2.31. The molecule has 1 aliphatic heterocycles. The van der Waals surface area contributed by atoms with Gasteiger partial charge in [0.1, 0.15) is 5.92 Å². The average molecular weight is 356 g/mol. The summed E-state index contributed by atoms with van der Waals surface area (Å²) < 4.78 is 5.69. The van der Waals surface area contributed by atoms with Crippen LogP contribution in [0.3, 0.4) is 0 Å². The van der Waals surface area contributed by atoms with E-state index in [1.165, 1.54) is 19.3 Å². The molecule has 1 heterocycles. The Morgan fingerprint density at radius 1 is 1.19 bits per heavy atom. The lowest BCUT2D eigenvalue weighted by molar-refractivity contribution is -0.148. The molecule has 0 bridgehead atoms. The van der Waals surface area contributed by atoms with Crippen molar-refractivity contribution < 1.29 is 14.3 Å². The predicted octanol–water partition coefficient (Wildman–Crippen LogP) is 3.91. The van der Waals surface area contributed by atoms with Crippen LogP contribution in [-0.4, -0.2) is 30.4 Å². The molecule has 140 valence electrons. The third-order valence-corrected chi connectivity index (χ3v) is 5.42. The van der Waals surface area contributed by atoms with Crippen LogP contribution in [0.1, 0.15) is 51.0 Å². The fraction of sp³-hybridized carbons (Fsp3) is 0.571. The highest BCUT2D eigenvalue weighted by molar-refractivity contribution is 6.09. The van der Waals surface area contributed by atoms with Crippen LogP contribution >= 0.6 is 0 Å². The van der Waals surface area contributed by atoms with E-state index in [1.54, 1.807) is 0 Å². The van der Waals surface area contributed by atoms with Crippen molar-refractivity contribution in [2.45, 2.75) is 57.9 Å². The molecule has 2 aliphatic rings. The van der Waals surface area contributed by atoms with Gasteiger partial charge >= 0.3 is 12.0 Å². The third-order valence-electron chi connectivity index (χ3n) is 5.42. The number of esters is 1. The molecule has 1 fully saturated rings. The third kappa shape index (κ3) is 4.71. The highest BCUT2D eigenvalue weighted by atomic mass is 16.5. The Bertz CT molecular complexity index is 650. The second-order valence-corrected chi connectivity index (χ2v) is 7.31. The molecule has 2 unspecified atom stereocenters. The Balaban J connectivity index is 1.70. The maximum atomic E-state index is 12.9. The quantitative estimate of drug-likeness (QED) is 0.786. The molecule has 0 radical (unpaired) electrons. The molecular formula is C21H28N2O3. The number of hydrogen-bond donors (Lipinski definition) is 1. The molecule has 0 spiro atoms. The van der Waals surface area contributed by atoms with Gasteiger partial charge in [0.05, 0.1) is 12.6 Å². The molecule has 0 saturated heterocycles. The number of carbonyl (C=O) groups excluding carboxylic acids is 2. The first-order chi connectivity index (χ1) is 12.7. The molecule has 5 nitrogen and oxygen atoms in total. The number of ether oxygens (including phenoxy) is 1. The monoisotopic (exact) mass is 356 g/mol. The number of benzene rings is 1. The van der Waals surface area contributed by atoms with Gasteiger partial charge in [0.25, 0.3) is 0 Å². The lowest BCUT2D eigenvalue weighted by Crippen LogP contribution is -2.51. The maximum absolute atomic E-state index is 12.9. The molecule has 1 saturated carbocycles. The van der Waals surface area contributed by atoms with Gasteiger partial charge in [0, 0.05) is 5.71 Å². The van der Waals surface area contributed by atoms with Crippen molar-refractivity contribution in [2.24, 2.45) is 16.8 Å². The van der Waals surface area contributed by atoms with Crippen molar-refractivity contribution in [2.75, 3.05) is 6.61 Å². The molecule has 1 aliphatic carbocycles. The SMILES string of the molecule is CCC1=NC(=O)NC(Cc2ccccc2)C1C(=O)OCC1CCCCC1. The van der Waals surface area contributed by atoms with E-state index in [0.29, 0.717) is 31.1 Å². The van der Waals surface area contributed by atoms with Gasteiger partial charge in [0.2, 0.25) is 0 Å². The molecule has 2 atom stereocenters. The normalized spacial score (nSPS) is 23.9. The van der Waals surface area contributed by atoms with Crippen molar-refractivity contribution in [1.29, 1.82) is 0 Å². The van der Waals surface area contributed by atoms with E-state index in [2.05, 4.69) is 10.3 Å². The van der Waals surface area contributed by atoms with Crippen LogP contribution in [-0.2, 0) is 16.0 Å². The summed E-state index contributed by atoms with van der Waals surface area (Å²) in [5, 5.41) is 2.87. The van der Waals surface area contributed by atoms with Crippen molar-refractivity contribution in [3.8, 4) is 0 Å². The van der Waals surface area contributed by atoms with E-state index in [0.717, 1.165) is 18.4 Å². The second kappa shape index (κ2) is 8.97. The first kappa shape index (κ1) is 18.6. The molecule has 1 aromatic rings. The van der Waals surface area contributed by atoms with Crippen LogP contribution in [0.4, 0.5) is 4.79 Å². The Hall–Kier alpha value is -2.17. The Morgan fingerprint density at radius 2 is 1.92 bits per heavy atom. The number of amides is 2. The minimum Gasteiger partial charge on any atom is -0.465 e. The van der Waals surface area contributed by atoms with Gasteiger partial charge in [-0.2, -0.15) is 0 Å². The first-order valence-electron chi connectivity index (χ1n) is 9.76. The summed E-state index contributed by atoms with van der Waals surface area (Å²) >= 11 is 0. The molecule has 0 aromatic heterocycles. The van der Waals surface area contributed by atoms with Crippen molar-refractivity contribution in [1.82, 2.24) is 5.32 Å². The molecule has 1 aromatic carbocycles. The zero-order chi connectivity index (χ0) is 18.4. The smallest absolute Gasteiger partial charge is 0.341 e. The molecule has 1 N–H and O–H groups in total. The average Bonchev–Trinajstić information content (AvgIpc) is 2.67. The van der Waals surface area contributed by atoms with Gasteiger partial charge in [-0.05, 0) is 37.2 Å². The highest BCUT2D eigenvalue weighted by Crippen LogP contribution is 2.25. The van der Waals surface area contributed by atoms with Crippen molar-refractivity contribution in [3.05, 3.63) is 35.9 Å². The fourth-order valence-electron chi connectivity index (χ4n) is 3.99. The summed E-state index contributed by atoms with van der Waals surface area (Å²) in [6.45, 7) is 2.41. The summed E-state index contributed by atoms with van der Waals surface area (Å²) in [5.74, 6) is -0.279. The minimum absolute atomic E-state index is 0.253. The largest absolute Gasteiger partial charge is 0.465 e. The Morgan fingerprint density at radius 3 is 2.62 bits per heavy atom. The Labute approximate surface area is 155 Å². The molecule has 26 heavy (non-hydrogen) atoms. The summed E-state index contributed by atoms with van der Waals surface area (Å²) in [7, 11) is 0. The number of carbonyl (C=O) groups is 2. The predicted molar refractivity (Wildman–Crippen MR) is 101 cm³/mol. The number of urea groups is 1. The zero-order valence-corrected chi connectivity index (χ0v) is 15.4. The van der Waals surface area contributed by atoms with E-state index < -0.39 is 5.92 Å². The number of rotatable bonds is 6. The number of nitrogens with one attached hydrogen (secondary N) is 1. The van der Waals surface area contributed by atoms with Crippen molar-refractivity contribution >= 4 is 17.7 Å². The topological polar surface area (TPSA) is 67.8 Å². The van der Waals surface area contributed by atoms with Crippen LogP contribution in [0.2, 0.25) is 0 Å². The zero-order valence-electron chi connectivity index (χ0n) is 15.4. The molecule has 3 rings (SSSR count). The van der Waals surface area contributed by atoms with Gasteiger partial charge in [0.15, 0.2) is 0 Å². The summed E-state index contributed by atoms with van der Waals surface area (Å²) in [4.78, 5) is 28.9. The van der Waals surface area contributed by atoms with Crippen LogP contribution < -0.4 is 5.32 Å². The van der Waals surface area contributed by atoms with E-state index >= 15 is 0 Å². The first-order valence-corrected chi connectivity index (χ1v) is 9.76. The summed E-state index contributed by atoms with van der Waals surface area (Å²) in [6.07, 6.45) is 7.16. The van der Waals surface area contributed by atoms with Crippen LogP contribution in [0.5, 0.6) is 0 Å². The molecule has 2 amide bonds. The van der Waals surface area contributed by atoms with Gasteiger partial charge in [-0.3, -0.25) is 4.79 Å². The van der Waals surface area contributed by atoms with Crippen LogP contribution in [0.15, 0.2) is 35.3 Å². The maximum Gasteiger partial charge on any atom is 0.341 e. The van der Waals surface area contributed by atoms with Gasteiger partial charge in [-0.25, -0.2) is 9.79 Å².